The van der Waals surface area contributed by atoms with Crippen molar-refractivity contribution in [3.63, 3.8) is 0 Å². The average molecular weight is 338 g/mol. The number of imide groups is 1. The Hall–Kier alpha value is -3.41. The van der Waals surface area contributed by atoms with Crippen LogP contribution in [0.25, 0.3) is 6.08 Å². The molecule has 0 spiro atoms. The first-order valence-electron chi connectivity index (χ1n) is 7.65. The highest BCUT2D eigenvalue weighted by atomic mass is 16.5. The molecule has 0 aliphatic rings. The quantitative estimate of drug-likeness (QED) is 0.625. The van der Waals surface area contributed by atoms with Crippen molar-refractivity contribution < 1.29 is 19.1 Å². The summed E-state index contributed by atoms with van der Waals surface area (Å²) in [4.78, 5) is 34.7. The molecule has 0 saturated carbocycles. The topological polar surface area (TPSA) is 84.5 Å². The zero-order valence-corrected chi connectivity index (χ0v) is 13.5. The summed E-state index contributed by atoms with van der Waals surface area (Å²) >= 11 is 0. The highest BCUT2D eigenvalue weighted by Crippen LogP contribution is 2.01. The molecule has 0 radical (unpaired) electrons. The molecule has 6 nitrogen and oxygen atoms in total. The summed E-state index contributed by atoms with van der Waals surface area (Å²) < 4.78 is 4.77. The largest absolute Gasteiger partial charge is 0.452 e. The standard InChI is InChI=1S/C19H18N2O4/c22-17(21-19(24)20-13-16-9-5-2-6-10-16)14-25-18(23)12-11-15-7-3-1-4-8-15/h1-12H,13-14H2,(H2,20,21,22,24). The minimum absolute atomic E-state index is 0.291. The van der Waals surface area contributed by atoms with E-state index in [1.807, 2.05) is 60.7 Å². The van der Waals surface area contributed by atoms with Crippen molar-refractivity contribution in [2.75, 3.05) is 6.61 Å². The zero-order chi connectivity index (χ0) is 17.9. The Morgan fingerprint density at radius 2 is 1.56 bits per heavy atom. The highest BCUT2D eigenvalue weighted by molar-refractivity contribution is 5.96. The Kier molecular flexibility index (Phi) is 6.94. The van der Waals surface area contributed by atoms with Gasteiger partial charge in [0.1, 0.15) is 0 Å². The molecule has 0 saturated heterocycles. The summed E-state index contributed by atoms with van der Waals surface area (Å²) in [7, 11) is 0. The number of esters is 1. The van der Waals surface area contributed by atoms with E-state index in [4.69, 9.17) is 4.74 Å². The molecule has 0 atom stereocenters. The molecular weight excluding hydrogens is 320 g/mol. The minimum atomic E-state index is -0.702. The molecule has 2 aromatic carbocycles. The summed E-state index contributed by atoms with van der Waals surface area (Å²) in [5, 5.41) is 4.63. The van der Waals surface area contributed by atoms with Crippen molar-refractivity contribution in [1.29, 1.82) is 0 Å². The maximum atomic E-state index is 11.6. The van der Waals surface area contributed by atoms with E-state index < -0.39 is 24.5 Å². The molecule has 0 fully saturated rings. The predicted octanol–water partition coefficient (Wildman–Crippen LogP) is 2.27. The van der Waals surface area contributed by atoms with Gasteiger partial charge in [0.05, 0.1) is 0 Å². The minimum Gasteiger partial charge on any atom is -0.452 e. The maximum absolute atomic E-state index is 11.6. The summed E-state index contributed by atoms with van der Waals surface area (Å²) in [6.07, 6.45) is 2.80. The van der Waals surface area contributed by atoms with Crippen molar-refractivity contribution in [3.05, 3.63) is 77.9 Å². The van der Waals surface area contributed by atoms with E-state index in [2.05, 4.69) is 10.6 Å². The molecule has 0 bridgehead atoms. The van der Waals surface area contributed by atoms with Crippen molar-refractivity contribution in [1.82, 2.24) is 10.6 Å². The van der Waals surface area contributed by atoms with Gasteiger partial charge in [0.25, 0.3) is 5.91 Å². The Morgan fingerprint density at radius 1 is 0.920 bits per heavy atom. The van der Waals surface area contributed by atoms with Crippen LogP contribution in [0.3, 0.4) is 0 Å². The van der Waals surface area contributed by atoms with Crippen molar-refractivity contribution in [2.45, 2.75) is 6.54 Å². The van der Waals surface area contributed by atoms with Gasteiger partial charge in [-0.3, -0.25) is 10.1 Å². The second kappa shape index (κ2) is 9.67. The third kappa shape index (κ3) is 7.13. The first-order valence-corrected chi connectivity index (χ1v) is 7.65. The number of rotatable bonds is 6. The highest BCUT2D eigenvalue weighted by Gasteiger charge is 2.09. The van der Waals surface area contributed by atoms with Crippen LogP contribution in [-0.2, 0) is 20.9 Å². The summed E-state index contributed by atoms with van der Waals surface area (Å²) in [5.74, 6) is -1.37. The summed E-state index contributed by atoms with van der Waals surface area (Å²) in [6, 6.07) is 17.8. The van der Waals surface area contributed by atoms with Crippen LogP contribution in [0.2, 0.25) is 0 Å². The van der Waals surface area contributed by atoms with E-state index in [9.17, 15) is 14.4 Å². The summed E-state index contributed by atoms with van der Waals surface area (Å²) in [6.45, 7) is -0.240. The normalized spacial score (nSPS) is 10.2. The molecule has 128 valence electrons. The number of carbonyl (C=O) groups excluding carboxylic acids is 3. The second-order valence-electron chi connectivity index (χ2n) is 5.07. The molecule has 3 amide bonds. The third-order valence-electron chi connectivity index (χ3n) is 3.11. The van der Waals surface area contributed by atoms with Gasteiger partial charge in [-0.2, -0.15) is 0 Å². The van der Waals surface area contributed by atoms with Crippen LogP contribution in [0, 0.1) is 0 Å². The van der Waals surface area contributed by atoms with E-state index in [-0.39, 0.29) is 0 Å². The molecular formula is C19H18N2O4. The Labute approximate surface area is 145 Å². The van der Waals surface area contributed by atoms with Crippen molar-refractivity contribution in [3.8, 4) is 0 Å². The van der Waals surface area contributed by atoms with Gasteiger partial charge in [-0.05, 0) is 17.2 Å². The lowest BCUT2D eigenvalue weighted by Gasteiger charge is -2.06. The van der Waals surface area contributed by atoms with E-state index >= 15 is 0 Å². The SMILES string of the molecule is O=C(COC(=O)C=Cc1ccccc1)NC(=O)NCc1ccccc1. The lowest BCUT2D eigenvalue weighted by atomic mass is 10.2. The Balaban J connectivity index is 1.66. The number of nitrogens with one attached hydrogen (secondary N) is 2. The number of hydrogen-bond donors (Lipinski definition) is 2. The third-order valence-corrected chi connectivity index (χ3v) is 3.11. The van der Waals surface area contributed by atoms with Crippen LogP contribution in [0.15, 0.2) is 66.7 Å². The summed E-state index contributed by atoms with van der Waals surface area (Å²) in [5.41, 5.74) is 1.74. The number of urea groups is 1. The van der Waals surface area contributed by atoms with E-state index in [0.717, 1.165) is 11.1 Å². The van der Waals surface area contributed by atoms with E-state index in [1.165, 1.54) is 6.08 Å². The van der Waals surface area contributed by atoms with Crippen LogP contribution in [-0.4, -0.2) is 24.5 Å². The van der Waals surface area contributed by atoms with Gasteiger partial charge in [-0.15, -0.1) is 0 Å². The van der Waals surface area contributed by atoms with Gasteiger partial charge in [-0.1, -0.05) is 60.7 Å². The van der Waals surface area contributed by atoms with E-state index in [1.54, 1.807) is 6.08 Å². The molecule has 2 N–H and O–H groups in total. The maximum Gasteiger partial charge on any atom is 0.331 e. The number of hydrogen-bond acceptors (Lipinski definition) is 4. The number of benzene rings is 2. The van der Waals surface area contributed by atoms with E-state index in [0.29, 0.717) is 6.54 Å². The molecule has 0 heterocycles. The first-order chi connectivity index (χ1) is 12.1. The van der Waals surface area contributed by atoms with Crippen molar-refractivity contribution >= 4 is 24.0 Å². The van der Waals surface area contributed by atoms with Gasteiger partial charge >= 0.3 is 12.0 Å². The van der Waals surface area contributed by atoms with Gasteiger partial charge in [0.15, 0.2) is 6.61 Å². The van der Waals surface area contributed by atoms with Crippen molar-refractivity contribution in [2.24, 2.45) is 0 Å². The molecule has 0 aliphatic carbocycles. The average Bonchev–Trinajstić information content (AvgIpc) is 2.65. The van der Waals surface area contributed by atoms with Crippen LogP contribution in [0.1, 0.15) is 11.1 Å². The van der Waals surface area contributed by atoms with Gasteiger partial charge in [-0.25, -0.2) is 9.59 Å². The smallest absolute Gasteiger partial charge is 0.331 e. The molecule has 6 heteroatoms. The van der Waals surface area contributed by atoms with Gasteiger partial charge < -0.3 is 10.1 Å². The molecule has 0 unspecified atom stereocenters. The molecule has 0 aliphatic heterocycles. The lowest BCUT2D eigenvalue weighted by Crippen LogP contribution is -2.41. The Morgan fingerprint density at radius 3 is 2.24 bits per heavy atom. The molecule has 2 rings (SSSR count). The fourth-order valence-electron chi connectivity index (χ4n) is 1.90. The zero-order valence-electron chi connectivity index (χ0n) is 13.5. The van der Waals surface area contributed by atoms with Crippen LogP contribution < -0.4 is 10.6 Å². The lowest BCUT2D eigenvalue weighted by molar-refractivity contribution is -0.143. The number of amides is 3. The molecule has 25 heavy (non-hydrogen) atoms. The predicted molar refractivity (Wildman–Crippen MR) is 93.3 cm³/mol. The van der Waals surface area contributed by atoms with Crippen LogP contribution >= 0.6 is 0 Å². The fourth-order valence-corrected chi connectivity index (χ4v) is 1.90. The number of carbonyl (C=O) groups is 3. The molecule has 2 aromatic rings. The van der Waals surface area contributed by atoms with Gasteiger partial charge in [0, 0.05) is 12.6 Å². The molecule has 0 aromatic heterocycles. The fraction of sp³-hybridized carbons (Fsp3) is 0.105. The monoisotopic (exact) mass is 338 g/mol. The van der Waals surface area contributed by atoms with Crippen LogP contribution in [0.4, 0.5) is 4.79 Å². The first kappa shape index (κ1) is 17.9. The number of ether oxygens (including phenoxy) is 1. The van der Waals surface area contributed by atoms with Gasteiger partial charge in [0.2, 0.25) is 0 Å². The Bertz CT molecular complexity index is 743. The second-order valence-corrected chi connectivity index (χ2v) is 5.07. The van der Waals surface area contributed by atoms with Crippen LogP contribution in [0.5, 0.6) is 0 Å².